The number of morpholine rings is 1. The van der Waals surface area contributed by atoms with Gasteiger partial charge in [-0.15, -0.1) is 10.2 Å². The van der Waals surface area contributed by atoms with Crippen molar-refractivity contribution in [2.45, 2.75) is 29.3 Å². The van der Waals surface area contributed by atoms with Gasteiger partial charge < -0.3 is 15.0 Å². The molecule has 7 nitrogen and oxygen atoms in total. The van der Waals surface area contributed by atoms with E-state index in [1.54, 1.807) is 6.07 Å². The number of rotatable bonds is 7. The van der Waals surface area contributed by atoms with Crippen LogP contribution in [-0.4, -0.2) is 53.0 Å². The van der Waals surface area contributed by atoms with Crippen LogP contribution in [0.3, 0.4) is 0 Å². The number of anilines is 1. The van der Waals surface area contributed by atoms with E-state index in [1.807, 2.05) is 41.0 Å². The molecule has 1 amide bonds. The van der Waals surface area contributed by atoms with Crippen molar-refractivity contribution in [2.75, 3.05) is 31.2 Å². The topological polar surface area (TPSA) is 72.3 Å². The van der Waals surface area contributed by atoms with Crippen LogP contribution in [0.15, 0.2) is 59.8 Å². The lowest BCUT2D eigenvalue weighted by atomic mass is 10.1. The van der Waals surface area contributed by atoms with Gasteiger partial charge in [0, 0.05) is 19.1 Å². The summed E-state index contributed by atoms with van der Waals surface area (Å²) < 4.78 is 21.4. The molecule has 166 valence electrons. The largest absolute Gasteiger partial charge is 0.378 e. The van der Waals surface area contributed by atoms with Crippen LogP contribution in [0.1, 0.15) is 23.7 Å². The number of halogens is 1. The normalized spacial score (nSPS) is 17.2. The fourth-order valence-corrected chi connectivity index (χ4v) is 4.72. The Balaban J connectivity index is 1.53. The summed E-state index contributed by atoms with van der Waals surface area (Å²) >= 11 is 1.33. The first-order valence-corrected chi connectivity index (χ1v) is 11.6. The summed E-state index contributed by atoms with van der Waals surface area (Å²) in [6.45, 7) is 2.52. The molecule has 1 saturated carbocycles. The van der Waals surface area contributed by atoms with Crippen LogP contribution >= 0.6 is 11.8 Å². The van der Waals surface area contributed by atoms with Crippen molar-refractivity contribution in [3.63, 3.8) is 0 Å². The minimum atomic E-state index is -0.495. The van der Waals surface area contributed by atoms with Gasteiger partial charge in [-0.05, 0) is 36.6 Å². The number of hydrogen-bond acceptors (Lipinski definition) is 6. The third kappa shape index (κ3) is 4.63. The number of aromatic nitrogens is 3. The van der Waals surface area contributed by atoms with E-state index in [2.05, 4.69) is 20.4 Å². The molecule has 0 bridgehead atoms. The maximum Gasteiger partial charge on any atom is 0.238 e. The van der Waals surface area contributed by atoms with Crippen molar-refractivity contribution < 1.29 is 13.9 Å². The van der Waals surface area contributed by atoms with E-state index in [0.29, 0.717) is 43.1 Å². The number of nitrogens with one attached hydrogen (secondary N) is 1. The quantitative estimate of drug-likeness (QED) is 0.553. The molecule has 1 aliphatic carbocycles. The molecule has 1 saturated heterocycles. The number of carbonyl (C=O) groups is 1. The third-order valence-electron chi connectivity index (χ3n) is 5.46. The molecule has 1 atom stereocenters. The minimum absolute atomic E-state index is 0.0505. The molecule has 0 radical (unpaired) electrons. The van der Waals surface area contributed by atoms with Gasteiger partial charge in [-0.1, -0.05) is 48.2 Å². The van der Waals surface area contributed by atoms with Gasteiger partial charge in [-0.3, -0.25) is 9.36 Å². The highest BCUT2D eigenvalue weighted by Gasteiger charge is 2.31. The first-order chi connectivity index (χ1) is 15.7. The number of hydrogen-bond donors (Lipinski definition) is 1. The van der Waals surface area contributed by atoms with Gasteiger partial charge in [0.25, 0.3) is 0 Å². The average Bonchev–Trinajstić information content (AvgIpc) is 3.54. The molecular weight excluding hydrogens is 429 g/mol. The average molecular weight is 454 g/mol. The molecule has 3 aromatic rings. The second-order valence-electron chi connectivity index (χ2n) is 7.89. The monoisotopic (exact) mass is 453 g/mol. The van der Waals surface area contributed by atoms with Gasteiger partial charge in [0.15, 0.2) is 5.16 Å². The number of thioether (sulfide) groups is 1. The standard InChI is InChI=1S/C23H24FN5O2S/c24-17-7-4-8-19(15-17)29-22(28-11-13-31-14-12-28)26-27-23(29)32-20(16-5-2-1-3-6-16)21(30)25-18-9-10-18/h1-8,15,18,20H,9-14H2,(H,25,30). The second kappa shape index (κ2) is 9.30. The van der Waals surface area contributed by atoms with Gasteiger partial charge in [-0.2, -0.15) is 0 Å². The van der Waals surface area contributed by atoms with E-state index in [0.717, 1.165) is 18.4 Å². The van der Waals surface area contributed by atoms with Gasteiger partial charge in [0.2, 0.25) is 11.9 Å². The van der Waals surface area contributed by atoms with E-state index < -0.39 is 5.25 Å². The predicted octanol–water partition coefficient (Wildman–Crippen LogP) is 3.36. The predicted molar refractivity (Wildman–Crippen MR) is 121 cm³/mol. The molecule has 32 heavy (non-hydrogen) atoms. The lowest BCUT2D eigenvalue weighted by molar-refractivity contribution is -0.120. The fourth-order valence-electron chi connectivity index (χ4n) is 3.66. The van der Waals surface area contributed by atoms with Gasteiger partial charge in [-0.25, -0.2) is 4.39 Å². The first-order valence-electron chi connectivity index (χ1n) is 10.7. The van der Waals surface area contributed by atoms with Crippen LogP contribution in [0, 0.1) is 5.82 Å². The Morgan fingerprint density at radius 2 is 1.88 bits per heavy atom. The van der Waals surface area contributed by atoms with E-state index >= 15 is 0 Å². The Morgan fingerprint density at radius 3 is 2.59 bits per heavy atom. The molecule has 1 aliphatic heterocycles. The summed E-state index contributed by atoms with van der Waals surface area (Å²) in [4.78, 5) is 15.2. The van der Waals surface area contributed by atoms with Gasteiger partial charge >= 0.3 is 0 Å². The molecule has 5 rings (SSSR count). The molecule has 2 fully saturated rings. The number of benzene rings is 2. The summed E-state index contributed by atoms with van der Waals surface area (Å²) in [5.41, 5.74) is 1.51. The van der Waals surface area contributed by atoms with Crippen molar-refractivity contribution in [1.82, 2.24) is 20.1 Å². The summed E-state index contributed by atoms with van der Waals surface area (Å²) in [6, 6.07) is 16.2. The summed E-state index contributed by atoms with van der Waals surface area (Å²) in [7, 11) is 0. The third-order valence-corrected chi connectivity index (χ3v) is 6.66. The Kier molecular flexibility index (Phi) is 6.09. The highest BCUT2D eigenvalue weighted by atomic mass is 32.2. The van der Waals surface area contributed by atoms with Crippen LogP contribution in [0.5, 0.6) is 0 Å². The van der Waals surface area contributed by atoms with Gasteiger partial charge in [0.1, 0.15) is 11.1 Å². The smallest absolute Gasteiger partial charge is 0.238 e. The van der Waals surface area contributed by atoms with Crippen molar-refractivity contribution >= 4 is 23.6 Å². The number of ether oxygens (including phenoxy) is 1. The minimum Gasteiger partial charge on any atom is -0.378 e. The number of carbonyl (C=O) groups excluding carboxylic acids is 1. The molecule has 2 aliphatic rings. The summed E-state index contributed by atoms with van der Waals surface area (Å²) in [6.07, 6.45) is 2.02. The maximum absolute atomic E-state index is 14.1. The zero-order valence-corrected chi connectivity index (χ0v) is 18.3. The van der Waals surface area contributed by atoms with E-state index in [1.165, 1.54) is 23.9 Å². The molecule has 9 heteroatoms. The SMILES string of the molecule is O=C(NC1CC1)C(Sc1nnc(N2CCOCC2)n1-c1cccc(F)c1)c1ccccc1. The zero-order valence-electron chi connectivity index (χ0n) is 17.5. The Morgan fingerprint density at radius 1 is 1.09 bits per heavy atom. The molecule has 0 spiro atoms. The zero-order chi connectivity index (χ0) is 21.9. The molecule has 1 unspecified atom stereocenters. The molecule has 2 heterocycles. The van der Waals surface area contributed by atoms with Crippen molar-refractivity contribution in [1.29, 1.82) is 0 Å². The highest BCUT2D eigenvalue weighted by molar-refractivity contribution is 8.00. The van der Waals surface area contributed by atoms with E-state index in [4.69, 9.17) is 4.74 Å². The molecule has 1 aromatic heterocycles. The fraction of sp³-hybridized carbons (Fsp3) is 0.348. The van der Waals surface area contributed by atoms with E-state index in [9.17, 15) is 9.18 Å². The Hall–Kier alpha value is -2.91. The van der Waals surface area contributed by atoms with Crippen LogP contribution < -0.4 is 10.2 Å². The Bertz CT molecular complexity index is 1080. The van der Waals surface area contributed by atoms with Crippen molar-refractivity contribution in [2.24, 2.45) is 0 Å². The lowest BCUT2D eigenvalue weighted by Crippen LogP contribution is -2.38. The number of nitrogens with zero attached hydrogens (tertiary/aromatic N) is 4. The first kappa shape index (κ1) is 21.0. The van der Waals surface area contributed by atoms with E-state index in [-0.39, 0.29) is 17.8 Å². The van der Waals surface area contributed by atoms with Crippen LogP contribution in [0.4, 0.5) is 10.3 Å². The van der Waals surface area contributed by atoms with Crippen molar-refractivity contribution in [3.8, 4) is 5.69 Å². The lowest BCUT2D eigenvalue weighted by Gasteiger charge is -2.28. The maximum atomic E-state index is 14.1. The van der Waals surface area contributed by atoms with Crippen molar-refractivity contribution in [3.05, 3.63) is 66.0 Å². The summed E-state index contributed by atoms with van der Waals surface area (Å²) in [5.74, 6) is 0.229. The highest BCUT2D eigenvalue weighted by Crippen LogP contribution is 2.38. The number of amides is 1. The Labute approximate surface area is 190 Å². The van der Waals surface area contributed by atoms with Crippen LogP contribution in [0.2, 0.25) is 0 Å². The summed E-state index contributed by atoms with van der Waals surface area (Å²) in [5, 5.41) is 12.0. The molecule has 1 N–H and O–H groups in total. The van der Waals surface area contributed by atoms with Gasteiger partial charge in [0.05, 0.1) is 18.9 Å². The van der Waals surface area contributed by atoms with Crippen LogP contribution in [0.25, 0.3) is 5.69 Å². The van der Waals surface area contributed by atoms with Crippen LogP contribution in [-0.2, 0) is 9.53 Å². The molecular formula is C23H24FN5O2S. The molecule has 2 aromatic carbocycles. The second-order valence-corrected chi connectivity index (χ2v) is 8.96.